The van der Waals surface area contributed by atoms with Crippen LogP contribution in [0.25, 0.3) is 0 Å². The van der Waals surface area contributed by atoms with E-state index in [2.05, 4.69) is 0 Å². The van der Waals surface area contributed by atoms with Crippen LogP contribution < -0.4 is 0 Å². The summed E-state index contributed by atoms with van der Waals surface area (Å²) in [4.78, 5) is 13.7. The Kier molecular flexibility index (Phi) is 3.15. The number of carbonyl (C=O) groups is 1. The largest absolute Gasteiger partial charge is 0.337 e. The van der Waals surface area contributed by atoms with Crippen molar-refractivity contribution < 1.29 is 9.18 Å². The second-order valence-corrected chi connectivity index (χ2v) is 4.71. The third kappa shape index (κ3) is 2.19. The highest BCUT2D eigenvalue weighted by atomic mass is 35.5. The molecule has 1 saturated heterocycles. The predicted molar refractivity (Wildman–Crippen MR) is 61.3 cm³/mol. The highest BCUT2D eigenvalue weighted by Crippen LogP contribution is 2.19. The molecule has 0 N–H and O–H groups in total. The smallest absolute Gasteiger partial charge is 0.254 e. The number of carbonyl (C=O) groups excluding carboxylic acids is 1. The minimum Gasteiger partial charge on any atom is -0.337 e. The number of halogens is 2. The summed E-state index contributed by atoms with van der Waals surface area (Å²) in [5.74, 6) is -0.504. The Morgan fingerprint density at radius 2 is 2.31 bits per heavy atom. The number of hydrogen-bond donors (Lipinski definition) is 0. The van der Waals surface area contributed by atoms with Gasteiger partial charge in [0.25, 0.3) is 5.91 Å². The summed E-state index contributed by atoms with van der Waals surface area (Å²) < 4.78 is 13.1. The highest BCUT2D eigenvalue weighted by molar-refractivity contribution is 6.21. The maximum absolute atomic E-state index is 13.1. The summed E-state index contributed by atoms with van der Waals surface area (Å²) in [6, 6.07) is 4.27. The van der Waals surface area contributed by atoms with Crippen LogP contribution in [0.2, 0.25) is 0 Å². The molecule has 0 bridgehead atoms. The lowest BCUT2D eigenvalue weighted by atomic mass is 10.1. The molecule has 1 amide bonds. The van der Waals surface area contributed by atoms with Crippen LogP contribution in [-0.2, 0) is 0 Å². The fraction of sp³-hybridized carbons (Fsp3) is 0.417. The van der Waals surface area contributed by atoms with Gasteiger partial charge in [-0.15, -0.1) is 11.6 Å². The zero-order valence-corrected chi connectivity index (χ0v) is 9.80. The first kappa shape index (κ1) is 11.4. The molecule has 86 valence electrons. The Morgan fingerprint density at radius 3 is 2.94 bits per heavy atom. The normalized spacial score (nSPS) is 20.2. The molecule has 2 rings (SSSR count). The summed E-state index contributed by atoms with van der Waals surface area (Å²) in [7, 11) is 0. The van der Waals surface area contributed by atoms with Gasteiger partial charge in [-0.1, -0.05) is 6.07 Å². The van der Waals surface area contributed by atoms with E-state index in [0.717, 1.165) is 12.0 Å². The molecule has 1 aliphatic heterocycles. The van der Waals surface area contributed by atoms with Gasteiger partial charge in [0.05, 0.1) is 5.38 Å². The van der Waals surface area contributed by atoms with E-state index in [0.29, 0.717) is 18.7 Å². The van der Waals surface area contributed by atoms with Gasteiger partial charge >= 0.3 is 0 Å². The van der Waals surface area contributed by atoms with Gasteiger partial charge in [-0.25, -0.2) is 4.39 Å². The Balaban J connectivity index is 2.23. The second-order valence-electron chi connectivity index (χ2n) is 4.10. The van der Waals surface area contributed by atoms with E-state index in [4.69, 9.17) is 11.6 Å². The van der Waals surface area contributed by atoms with Crippen molar-refractivity contribution >= 4 is 17.5 Å². The third-order valence-electron chi connectivity index (χ3n) is 2.85. The summed E-state index contributed by atoms with van der Waals surface area (Å²) in [6.07, 6.45) is 0.807. The van der Waals surface area contributed by atoms with Gasteiger partial charge in [0, 0.05) is 18.7 Å². The number of benzene rings is 1. The van der Waals surface area contributed by atoms with Crippen LogP contribution >= 0.6 is 11.6 Å². The number of amides is 1. The van der Waals surface area contributed by atoms with Crippen LogP contribution in [0.3, 0.4) is 0 Å². The Bertz CT molecular complexity index is 421. The van der Waals surface area contributed by atoms with Gasteiger partial charge in [0.2, 0.25) is 0 Å². The van der Waals surface area contributed by atoms with E-state index in [9.17, 15) is 9.18 Å². The van der Waals surface area contributed by atoms with E-state index in [1.807, 2.05) is 0 Å². The second kappa shape index (κ2) is 4.42. The minimum absolute atomic E-state index is 0.0258. The summed E-state index contributed by atoms with van der Waals surface area (Å²) in [5, 5.41) is 0.0258. The van der Waals surface area contributed by atoms with Crippen molar-refractivity contribution in [3.05, 3.63) is 35.1 Å². The molecule has 0 spiro atoms. The number of alkyl halides is 1. The molecule has 0 radical (unpaired) electrons. The molecule has 0 saturated carbocycles. The third-order valence-corrected chi connectivity index (χ3v) is 3.20. The standard InChI is InChI=1S/C12H13ClFNO/c1-8-2-3-10(14)6-11(8)12(16)15-5-4-9(13)7-15/h2-3,6,9H,4-5,7H2,1H3. The van der Waals surface area contributed by atoms with Crippen LogP contribution in [0, 0.1) is 12.7 Å². The maximum atomic E-state index is 13.1. The number of likely N-dealkylation sites (tertiary alicyclic amines) is 1. The Hall–Kier alpha value is -1.09. The van der Waals surface area contributed by atoms with Crippen LogP contribution in [0.1, 0.15) is 22.3 Å². The molecule has 1 aliphatic rings. The molecule has 1 heterocycles. The van der Waals surface area contributed by atoms with Gasteiger partial charge < -0.3 is 4.90 Å². The van der Waals surface area contributed by atoms with Crippen molar-refractivity contribution in [2.75, 3.05) is 13.1 Å². The van der Waals surface area contributed by atoms with Crippen molar-refractivity contribution in [2.45, 2.75) is 18.7 Å². The average molecular weight is 242 g/mol. The first-order valence-electron chi connectivity index (χ1n) is 5.27. The summed E-state index contributed by atoms with van der Waals surface area (Å²) in [6.45, 7) is 3.01. The molecule has 2 nitrogen and oxygen atoms in total. The number of nitrogens with zero attached hydrogens (tertiary/aromatic N) is 1. The van der Waals surface area contributed by atoms with Gasteiger partial charge in [0.1, 0.15) is 5.82 Å². The fourth-order valence-electron chi connectivity index (χ4n) is 1.90. The zero-order chi connectivity index (χ0) is 11.7. The molecule has 4 heteroatoms. The van der Waals surface area contributed by atoms with E-state index in [-0.39, 0.29) is 17.1 Å². The van der Waals surface area contributed by atoms with Crippen molar-refractivity contribution in [1.29, 1.82) is 0 Å². The Labute approximate surface area is 99.0 Å². The molecular formula is C12H13ClFNO. The molecule has 1 unspecified atom stereocenters. The number of hydrogen-bond acceptors (Lipinski definition) is 1. The lowest BCUT2D eigenvalue weighted by Crippen LogP contribution is -2.29. The molecule has 0 aliphatic carbocycles. The molecule has 1 atom stereocenters. The predicted octanol–water partition coefficient (Wildman–Crippen LogP) is 2.59. The topological polar surface area (TPSA) is 20.3 Å². The first-order valence-corrected chi connectivity index (χ1v) is 5.71. The lowest BCUT2D eigenvalue weighted by molar-refractivity contribution is 0.0792. The van der Waals surface area contributed by atoms with Crippen LogP contribution in [-0.4, -0.2) is 29.3 Å². The Morgan fingerprint density at radius 1 is 1.56 bits per heavy atom. The first-order chi connectivity index (χ1) is 7.58. The van der Waals surface area contributed by atoms with Crippen molar-refractivity contribution in [3.8, 4) is 0 Å². The van der Waals surface area contributed by atoms with Crippen molar-refractivity contribution in [2.24, 2.45) is 0 Å². The minimum atomic E-state index is -0.379. The zero-order valence-electron chi connectivity index (χ0n) is 9.04. The molecule has 0 aromatic heterocycles. The highest BCUT2D eigenvalue weighted by Gasteiger charge is 2.26. The van der Waals surface area contributed by atoms with Crippen molar-refractivity contribution in [3.63, 3.8) is 0 Å². The van der Waals surface area contributed by atoms with Gasteiger partial charge in [0.15, 0.2) is 0 Å². The quantitative estimate of drug-likeness (QED) is 0.692. The van der Waals surface area contributed by atoms with Gasteiger partial charge in [-0.3, -0.25) is 4.79 Å². The van der Waals surface area contributed by atoms with Gasteiger partial charge in [-0.2, -0.15) is 0 Å². The van der Waals surface area contributed by atoms with Gasteiger partial charge in [-0.05, 0) is 31.0 Å². The molecule has 1 aromatic rings. The van der Waals surface area contributed by atoms with Crippen LogP contribution in [0.4, 0.5) is 4.39 Å². The molecule has 1 fully saturated rings. The molecule has 16 heavy (non-hydrogen) atoms. The summed E-state index contributed by atoms with van der Waals surface area (Å²) in [5.41, 5.74) is 1.23. The van der Waals surface area contributed by atoms with E-state index >= 15 is 0 Å². The fourth-order valence-corrected chi connectivity index (χ4v) is 2.16. The SMILES string of the molecule is Cc1ccc(F)cc1C(=O)N1CCC(Cl)C1. The molecule has 1 aromatic carbocycles. The lowest BCUT2D eigenvalue weighted by Gasteiger charge is -2.16. The number of rotatable bonds is 1. The number of aryl methyl sites for hydroxylation is 1. The monoisotopic (exact) mass is 241 g/mol. The van der Waals surface area contributed by atoms with E-state index < -0.39 is 0 Å². The van der Waals surface area contributed by atoms with Crippen LogP contribution in [0.15, 0.2) is 18.2 Å². The van der Waals surface area contributed by atoms with Crippen molar-refractivity contribution in [1.82, 2.24) is 4.90 Å². The van der Waals surface area contributed by atoms with E-state index in [1.165, 1.54) is 12.1 Å². The summed E-state index contributed by atoms with van der Waals surface area (Å²) >= 11 is 5.94. The average Bonchev–Trinajstić information content (AvgIpc) is 2.67. The van der Waals surface area contributed by atoms with E-state index in [1.54, 1.807) is 17.9 Å². The molecular weight excluding hydrogens is 229 g/mol. The maximum Gasteiger partial charge on any atom is 0.254 e. The van der Waals surface area contributed by atoms with Crippen LogP contribution in [0.5, 0.6) is 0 Å².